The van der Waals surface area contributed by atoms with Gasteiger partial charge in [0.15, 0.2) is 0 Å². The predicted octanol–water partition coefficient (Wildman–Crippen LogP) is 5.19. The summed E-state index contributed by atoms with van der Waals surface area (Å²) in [6.45, 7) is 3.74. The third-order valence-electron chi connectivity index (χ3n) is 9.28. The highest BCUT2D eigenvalue weighted by molar-refractivity contribution is 5.99. The van der Waals surface area contributed by atoms with Crippen LogP contribution in [0.2, 0.25) is 0 Å². The summed E-state index contributed by atoms with van der Waals surface area (Å²) in [5, 5.41) is 0. The number of benzene rings is 1. The smallest absolute Gasteiger partial charge is 0.395 e. The van der Waals surface area contributed by atoms with Gasteiger partial charge in [-0.1, -0.05) is 12.5 Å². The molecule has 1 saturated carbocycles. The Balaban J connectivity index is 1.13. The molecule has 3 fully saturated rings. The van der Waals surface area contributed by atoms with Crippen molar-refractivity contribution in [1.29, 1.82) is 0 Å². The minimum absolute atomic E-state index is 0.0935. The fourth-order valence-electron chi connectivity index (χ4n) is 6.26. The van der Waals surface area contributed by atoms with E-state index in [1.165, 1.54) is 17.0 Å². The van der Waals surface area contributed by atoms with Gasteiger partial charge in [0.2, 0.25) is 5.91 Å². The van der Waals surface area contributed by atoms with Crippen LogP contribution in [0.4, 0.5) is 17.6 Å². The molecule has 1 unspecified atom stereocenters. The first-order valence-corrected chi connectivity index (χ1v) is 14.2. The molecule has 3 heterocycles. The first-order chi connectivity index (χ1) is 19.4. The van der Waals surface area contributed by atoms with E-state index in [0.717, 1.165) is 12.8 Å². The number of nitrogens with zero attached hydrogens (tertiary/aromatic N) is 3. The highest BCUT2D eigenvalue weighted by Gasteiger charge is 2.58. The molecule has 3 aliphatic rings. The van der Waals surface area contributed by atoms with Gasteiger partial charge in [-0.05, 0) is 88.7 Å². The molecule has 2 amide bonds. The maximum absolute atomic E-state index is 15.0. The molecule has 41 heavy (non-hydrogen) atoms. The Labute approximate surface area is 237 Å². The van der Waals surface area contributed by atoms with Crippen LogP contribution in [0, 0.1) is 17.2 Å². The van der Waals surface area contributed by atoms with Crippen LogP contribution in [0.5, 0.6) is 5.75 Å². The molecule has 1 aromatic carbocycles. The standard InChI is InChI=1S/C30H36F4N4O3/c1-28(27(35)40)10-3-13-38(28)26(39)23-6-4-21(16-24(23)31)25-7-5-22(17-36-25)41-18-20-8-14-37(15-9-20)19-29(11-2-12-29)30(32,33)34/h4-7,16-17,20H,2-3,8-15,18-19H2,1H3,(H2,35,40). The number of alkyl halides is 3. The van der Waals surface area contributed by atoms with Crippen molar-refractivity contribution >= 4 is 11.8 Å². The van der Waals surface area contributed by atoms with Gasteiger partial charge < -0.3 is 20.3 Å². The molecule has 5 rings (SSSR count). The van der Waals surface area contributed by atoms with Gasteiger partial charge in [0.05, 0.1) is 29.5 Å². The molecule has 2 aromatic rings. The van der Waals surface area contributed by atoms with Crippen LogP contribution in [-0.4, -0.2) is 71.1 Å². The van der Waals surface area contributed by atoms with Gasteiger partial charge in [-0.15, -0.1) is 0 Å². The van der Waals surface area contributed by atoms with Gasteiger partial charge in [0, 0.05) is 18.7 Å². The number of aromatic nitrogens is 1. The van der Waals surface area contributed by atoms with E-state index in [1.54, 1.807) is 31.3 Å². The lowest BCUT2D eigenvalue weighted by molar-refractivity contribution is -0.256. The first kappa shape index (κ1) is 29.3. The third kappa shape index (κ3) is 5.78. The van der Waals surface area contributed by atoms with E-state index < -0.39 is 34.8 Å². The Kier molecular flexibility index (Phi) is 8.02. The number of primary amides is 1. The zero-order chi connectivity index (χ0) is 29.4. The largest absolute Gasteiger partial charge is 0.492 e. The molecule has 2 aliphatic heterocycles. The van der Waals surface area contributed by atoms with E-state index >= 15 is 4.39 Å². The molecule has 11 heteroatoms. The average molecular weight is 577 g/mol. The Hall–Kier alpha value is -3.21. The van der Waals surface area contributed by atoms with Crippen molar-refractivity contribution in [3.8, 4) is 17.0 Å². The Morgan fingerprint density at radius 2 is 1.80 bits per heavy atom. The molecule has 1 aliphatic carbocycles. The maximum Gasteiger partial charge on any atom is 0.395 e. The maximum atomic E-state index is 15.0. The highest BCUT2D eigenvalue weighted by Crippen LogP contribution is 2.53. The van der Waals surface area contributed by atoms with Gasteiger partial charge >= 0.3 is 6.18 Å². The number of rotatable bonds is 8. The van der Waals surface area contributed by atoms with Crippen molar-refractivity contribution in [3.05, 3.63) is 47.9 Å². The normalized spacial score (nSPS) is 23.3. The lowest BCUT2D eigenvalue weighted by Gasteiger charge is -2.47. The van der Waals surface area contributed by atoms with Gasteiger partial charge in [-0.2, -0.15) is 13.2 Å². The van der Waals surface area contributed by atoms with Crippen molar-refractivity contribution < 1.29 is 31.9 Å². The first-order valence-electron chi connectivity index (χ1n) is 14.2. The van der Waals surface area contributed by atoms with E-state index in [2.05, 4.69) is 4.98 Å². The number of piperidine rings is 1. The monoisotopic (exact) mass is 576 g/mol. The quantitative estimate of drug-likeness (QED) is 0.437. The lowest BCUT2D eigenvalue weighted by atomic mass is 9.67. The van der Waals surface area contributed by atoms with Crippen LogP contribution >= 0.6 is 0 Å². The number of likely N-dealkylation sites (tertiary alicyclic amines) is 2. The molecule has 1 atom stereocenters. The molecule has 1 aromatic heterocycles. The highest BCUT2D eigenvalue weighted by atomic mass is 19.4. The fourth-order valence-corrected chi connectivity index (χ4v) is 6.26. The van der Waals surface area contributed by atoms with Crippen molar-refractivity contribution in [1.82, 2.24) is 14.8 Å². The van der Waals surface area contributed by atoms with Crippen molar-refractivity contribution in [3.63, 3.8) is 0 Å². The zero-order valence-corrected chi connectivity index (χ0v) is 23.2. The van der Waals surface area contributed by atoms with Gasteiger partial charge in [-0.3, -0.25) is 14.6 Å². The number of carbonyl (C=O) groups is 2. The molecule has 0 bridgehead atoms. The fraction of sp³-hybridized carbons (Fsp3) is 0.567. The number of hydrogen-bond acceptors (Lipinski definition) is 5. The Bertz CT molecular complexity index is 1270. The second-order valence-electron chi connectivity index (χ2n) is 11.9. The number of hydrogen-bond donors (Lipinski definition) is 1. The second-order valence-corrected chi connectivity index (χ2v) is 11.9. The molecular formula is C30H36F4N4O3. The summed E-state index contributed by atoms with van der Waals surface area (Å²) in [5.74, 6) is -1.09. The van der Waals surface area contributed by atoms with Crippen molar-refractivity contribution in [2.75, 3.05) is 32.8 Å². The van der Waals surface area contributed by atoms with Crippen molar-refractivity contribution in [2.45, 2.75) is 63.6 Å². The molecule has 222 valence electrons. The number of halogens is 4. The topological polar surface area (TPSA) is 88.8 Å². The van der Waals surface area contributed by atoms with E-state index in [4.69, 9.17) is 10.5 Å². The molecule has 0 spiro atoms. The summed E-state index contributed by atoms with van der Waals surface area (Å²) in [4.78, 5) is 32.6. The van der Waals surface area contributed by atoms with Crippen LogP contribution in [0.15, 0.2) is 36.5 Å². The van der Waals surface area contributed by atoms with Gasteiger partial charge in [-0.25, -0.2) is 4.39 Å². The van der Waals surface area contributed by atoms with Crippen LogP contribution in [-0.2, 0) is 4.79 Å². The summed E-state index contributed by atoms with van der Waals surface area (Å²) in [7, 11) is 0. The van der Waals surface area contributed by atoms with E-state index in [-0.39, 0.29) is 30.9 Å². The van der Waals surface area contributed by atoms with Crippen LogP contribution in [0.25, 0.3) is 11.3 Å². The average Bonchev–Trinajstić information content (AvgIpc) is 3.32. The van der Waals surface area contributed by atoms with E-state index in [1.807, 2.05) is 4.90 Å². The zero-order valence-electron chi connectivity index (χ0n) is 23.2. The van der Waals surface area contributed by atoms with E-state index in [0.29, 0.717) is 62.5 Å². The van der Waals surface area contributed by atoms with Crippen molar-refractivity contribution in [2.24, 2.45) is 17.1 Å². The number of pyridine rings is 1. The van der Waals surface area contributed by atoms with Gasteiger partial charge in [0.1, 0.15) is 17.1 Å². The molecular weight excluding hydrogens is 540 g/mol. The summed E-state index contributed by atoms with van der Waals surface area (Å²) < 4.78 is 61.5. The SMILES string of the molecule is CC1(C(N)=O)CCCN1C(=O)c1ccc(-c2ccc(OCC3CCN(CC4(C(F)(F)F)CCC4)CC3)cn2)cc1F. The molecule has 0 radical (unpaired) electrons. The summed E-state index contributed by atoms with van der Waals surface area (Å²) in [5.41, 5.74) is 3.71. The Morgan fingerprint density at radius 3 is 2.37 bits per heavy atom. The molecule has 7 nitrogen and oxygen atoms in total. The number of carbonyl (C=O) groups excluding carboxylic acids is 2. The number of amides is 2. The summed E-state index contributed by atoms with van der Waals surface area (Å²) in [6, 6.07) is 7.69. The molecule has 2 N–H and O–H groups in total. The predicted molar refractivity (Wildman–Crippen MR) is 144 cm³/mol. The van der Waals surface area contributed by atoms with Crippen LogP contribution < -0.4 is 10.5 Å². The van der Waals surface area contributed by atoms with Crippen LogP contribution in [0.1, 0.15) is 62.2 Å². The van der Waals surface area contributed by atoms with E-state index in [9.17, 15) is 22.8 Å². The molecule has 2 saturated heterocycles. The van der Waals surface area contributed by atoms with Crippen LogP contribution in [0.3, 0.4) is 0 Å². The third-order valence-corrected chi connectivity index (χ3v) is 9.28. The number of ether oxygens (including phenoxy) is 1. The minimum Gasteiger partial charge on any atom is -0.492 e. The Morgan fingerprint density at radius 1 is 1.07 bits per heavy atom. The lowest BCUT2D eigenvalue weighted by Crippen LogP contribution is -2.54. The number of nitrogens with two attached hydrogens (primary N) is 1. The summed E-state index contributed by atoms with van der Waals surface area (Å²) in [6.07, 6.45) is 1.12. The minimum atomic E-state index is -4.14. The second kappa shape index (κ2) is 11.2. The summed E-state index contributed by atoms with van der Waals surface area (Å²) >= 11 is 0. The van der Waals surface area contributed by atoms with Gasteiger partial charge in [0.25, 0.3) is 5.91 Å².